The molecule has 0 aromatic heterocycles. The van der Waals surface area contributed by atoms with Crippen molar-refractivity contribution in [1.82, 2.24) is 15.5 Å². The van der Waals surface area contributed by atoms with E-state index in [4.69, 9.17) is 16.7 Å². The molecular weight excluding hydrogens is 346 g/mol. The Kier molecular flexibility index (Phi) is 7.06. The highest BCUT2D eigenvalue weighted by Gasteiger charge is 2.33. The van der Waals surface area contributed by atoms with Crippen LogP contribution in [0.5, 0.6) is 0 Å². The lowest BCUT2D eigenvalue weighted by Gasteiger charge is -2.20. The fraction of sp³-hybridized carbons (Fsp3) is 0.471. The smallest absolute Gasteiger partial charge is 0.407 e. The highest BCUT2D eigenvalue weighted by molar-refractivity contribution is 6.31. The Morgan fingerprint density at radius 2 is 2.00 bits per heavy atom. The molecule has 1 heterocycles. The molecule has 1 aromatic rings. The Hall–Kier alpha value is -2.28. The lowest BCUT2D eigenvalue weighted by Crippen LogP contribution is -2.45. The van der Waals surface area contributed by atoms with Crippen LogP contribution in [0.4, 0.5) is 4.79 Å². The quantitative estimate of drug-likeness (QED) is 0.642. The first kappa shape index (κ1) is 19.1. The molecule has 0 radical (unpaired) electrons. The number of amides is 3. The molecular formula is C17H22ClN3O4. The second-order valence-electron chi connectivity index (χ2n) is 5.90. The molecule has 1 fully saturated rings. The molecule has 1 unspecified atom stereocenters. The molecule has 1 aliphatic heterocycles. The van der Waals surface area contributed by atoms with Gasteiger partial charge in [0.25, 0.3) is 0 Å². The van der Waals surface area contributed by atoms with Gasteiger partial charge in [-0.25, -0.2) is 4.79 Å². The molecule has 25 heavy (non-hydrogen) atoms. The third-order valence-corrected chi connectivity index (χ3v) is 4.48. The van der Waals surface area contributed by atoms with Gasteiger partial charge in [0.05, 0.1) is 0 Å². The largest absolute Gasteiger partial charge is 0.465 e. The molecule has 8 heteroatoms. The van der Waals surface area contributed by atoms with Crippen molar-refractivity contribution < 1.29 is 19.5 Å². The predicted molar refractivity (Wildman–Crippen MR) is 93.3 cm³/mol. The van der Waals surface area contributed by atoms with Crippen molar-refractivity contribution in [2.45, 2.75) is 38.3 Å². The summed E-state index contributed by atoms with van der Waals surface area (Å²) in [5, 5.41) is 15.1. The summed E-state index contributed by atoms with van der Waals surface area (Å²) in [7, 11) is 0. The maximum absolute atomic E-state index is 12.0. The van der Waals surface area contributed by atoms with Crippen LogP contribution < -0.4 is 10.6 Å². The van der Waals surface area contributed by atoms with Crippen molar-refractivity contribution in [3.05, 3.63) is 34.9 Å². The maximum Gasteiger partial charge on any atom is 0.407 e. The normalized spacial score (nSPS) is 16.5. The first-order chi connectivity index (χ1) is 12.0. The van der Waals surface area contributed by atoms with Crippen molar-refractivity contribution in [2.75, 3.05) is 13.1 Å². The third kappa shape index (κ3) is 5.63. The second-order valence-corrected chi connectivity index (χ2v) is 6.30. The number of carbonyl (C=O) groups excluding carboxylic acids is 2. The van der Waals surface area contributed by atoms with Gasteiger partial charge in [-0.2, -0.15) is 0 Å². The van der Waals surface area contributed by atoms with E-state index in [0.717, 1.165) is 10.5 Å². The molecule has 2 rings (SSSR count). The number of nitrogens with one attached hydrogen (secondary N) is 2. The Morgan fingerprint density at radius 1 is 1.24 bits per heavy atom. The molecule has 1 aromatic carbocycles. The van der Waals surface area contributed by atoms with Crippen molar-refractivity contribution >= 4 is 29.5 Å². The number of benzene rings is 1. The zero-order chi connectivity index (χ0) is 18.2. The van der Waals surface area contributed by atoms with Crippen LogP contribution in [-0.2, 0) is 16.1 Å². The summed E-state index contributed by atoms with van der Waals surface area (Å²) in [5.41, 5.74) is 0.848. The average molecular weight is 368 g/mol. The molecule has 0 saturated carbocycles. The van der Waals surface area contributed by atoms with Gasteiger partial charge in [-0.1, -0.05) is 29.8 Å². The summed E-state index contributed by atoms with van der Waals surface area (Å²) in [6, 6.07) is 6.67. The molecule has 3 amide bonds. The first-order valence-electron chi connectivity index (χ1n) is 8.26. The fourth-order valence-corrected chi connectivity index (χ4v) is 2.97. The van der Waals surface area contributed by atoms with E-state index in [9.17, 15) is 14.4 Å². The van der Waals surface area contributed by atoms with Gasteiger partial charge in [-0.05, 0) is 30.9 Å². The number of carbonyl (C=O) groups is 3. The predicted octanol–water partition coefficient (Wildman–Crippen LogP) is 2.00. The number of likely N-dealkylation sites (tertiary alicyclic amines) is 1. The minimum atomic E-state index is -1.07. The van der Waals surface area contributed by atoms with Crippen LogP contribution in [0, 0.1) is 0 Å². The van der Waals surface area contributed by atoms with Crippen LogP contribution in [0.25, 0.3) is 0 Å². The second kappa shape index (κ2) is 9.27. The molecule has 7 nitrogen and oxygen atoms in total. The maximum atomic E-state index is 12.0. The van der Waals surface area contributed by atoms with E-state index in [1.54, 1.807) is 6.07 Å². The van der Waals surface area contributed by atoms with Crippen LogP contribution in [0.1, 0.15) is 31.2 Å². The Bertz CT molecular complexity index is 638. The fourth-order valence-electron chi connectivity index (χ4n) is 2.77. The Labute approximate surface area is 151 Å². The molecule has 1 saturated heterocycles. The van der Waals surface area contributed by atoms with Gasteiger partial charge < -0.3 is 15.7 Å². The van der Waals surface area contributed by atoms with Gasteiger partial charge in [0.15, 0.2) is 0 Å². The van der Waals surface area contributed by atoms with E-state index in [0.29, 0.717) is 43.9 Å². The number of nitrogens with zero attached hydrogens (tertiary/aromatic N) is 1. The highest BCUT2D eigenvalue weighted by Crippen LogP contribution is 2.17. The lowest BCUT2D eigenvalue weighted by atomic mass is 10.2. The van der Waals surface area contributed by atoms with Crippen LogP contribution in [-0.4, -0.2) is 47.0 Å². The minimum Gasteiger partial charge on any atom is -0.465 e. The molecule has 0 aliphatic carbocycles. The molecule has 0 spiro atoms. The van der Waals surface area contributed by atoms with E-state index < -0.39 is 12.1 Å². The molecule has 136 valence electrons. The average Bonchev–Trinajstić information content (AvgIpc) is 3.08. The summed E-state index contributed by atoms with van der Waals surface area (Å²) >= 11 is 6.02. The van der Waals surface area contributed by atoms with Crippen LogP contribution >= 0.6 is 11.6 Å². The van der Waals surface area contributed by atoms with Gasteiger partial charge in [0.1, 0.15) is 6.04 Å². The first-order valence-corrected chi connectivity index (χ1v) is 8.64. The van der Waals surface area contributed by atoms with Gasteiger partial charge in [0, 0.05) is 31.1 Å². The summed E-state index contributed by atoms with van der Waals surface area (Å²) in [6.45, 7) is 1.08. The Morgan fingerprint density at radius 3 is 2.72 bits per heavy atom. The van der Waals surface area contributed by atoms with Crippen molar-refractivity contribution in [2.24, 2.45) is 0 Å². The molecule has 1 aliphatic rings. The molecule has 1 atom stereocenters. The topological polar surface area (TPSA) is 98.7 Å². The van der Waals surface area contributed by atoms with Crippen molar-refractivity contribution in [3.8, 4) is 0 Å². The number of hydrogen-bond donors (Lipinski definition) is 3. The van der Waals surface area contributed by atoms with E-state index in [1.807, 2.05) is 18.2 Å². The van der Waals surface area contributed by atoms with E-state index in [-0.39, 0.29) is 18.2 Å². The van der Waals surface area contributed by atoms with Gasteiger partial charge in [-0.3, -0.25) is 14.5 Å². The molecule has 3 N–H and O–H groups in total. The van der Waals surface area contributed by atoms with Crippen molar-refractivity contribution in [3.63, 3.8) is 0 Å². The van der Waals surface area contributed by atoms with E-state index >= 15 is 0 Å². The monoisotopic (exact) mass is 367 g/mol. The summed E-state index contributed by atoms with van der Waals surface area (Å²) in [6.07, 6.45) is 0.917. The number of rotatable bonds is 7. The Balaban J connectivity index is 1.64. The van der Waals surface area contributed by atoms with Gasteiger partial charge in [0.2, 0.25) is 11.8 Å². The number of hydrogen-bond acceptors (Lipinski definition) is 3. The van der Waals surface area contributed by atoms with Crippen LogP contribution in [0.2, 0.25) is 5.02 Å². The van der Waals surface area contributed by atoms with Crippen LogP contribution in [0.3, 0.4) is 0 Å². The molecule has 0 bridgehead atoms. The third-order valence-electron chi connectivity index (χ3n) is 4.11. The summed E-state index contributed by atoms with van der Waals surface area (Å²) in [4.78, 5) is 36.0. The minimum absolute atomic E-state index is 0.123. The summed E-state index contributed by atoms with van der Waals surface area (Å²) < 4.78 is 0. The zero-order valence-electron chi connectivity index (χ0n) is 13.8. The SMILES string of the molecule is O=C(CCCNC(=O)C1CCCN1C(=O)O)NCc1ccccc1Cl. The van der Waals surface area contributed by atoms with Gasteiger partial charge in [-0.15, -0.1) is 0 Å². The zero-order valence-corrected chi connectivity index (χ0v) is 14.6. The van der Waals surface area contributed by atoms with E-state index in [2.05, 4.69) is 10.6 Å². The standard InChI is InChI=1S/C17H22ClN3O4/c18-13-6-2-1-5-12(13)11-20-15(22)8-3-9-19-16(23)14-7-4-10-21(14)17(24)25/h1-2,5-6,14H,3-4,7-11H2,(H,19,23)(H,20,22)(H,24,25). The van der Waals surface area contributed by atoms with Crippen molar-refractivity contribution in [1.29, 1.82) is 0 Å². The van der Waals surface area contributed by atoms with Gasteiger partial charge >= 0.3 is 6.09 Å². The lowest BCUT2D eigenvalue weighted by molar-refractivity contribution is -0.125. The number of carboxylic acid groups (broad SMARTS) is 1. The number of halogens is 1. The summed E-state index contributed by atoms with van der Waals surface area (Å²) in [5.74, 6) is -0.418. The van der Waals surface area contributed by atoms with E-state index in [1.165, 1.54) is 0 Å². The highest BCUT2D eigenvalue weighted by atomic mass is 35.5. The van der Waals surface area contributed by atoms with Crippen LogP contribution in [0.15, 0.2) is 24.3 Å².